The molecule has 4 aromatic heterocycles. The summed E-state index contributed by atoms with van der Waals surface area (Å²) in [6, 6.07) is 26.8. The lowest BCUT2D eigenvalue weighted by molar-refractivity contribution is 1.27. The molecule has 0 spiro atoms. The van der Waals surface area contributed by atoms with Crippen molar-refractivity contribution >= 4 is 90.3 Å². The normalized spacial score (nSPS) is 12.5. The number of nitrogens with zero attached hydrogens (tertiary/aromatic N) is 2. The Balaban J connectivity index is 1.67. The average molecular weight is 431 g/mol. The van der Waals surface area contributed by atoms with Crippen LogP contribution in [0.25, 0.3) is 67.7 Å². The van der Waals surface area contributed by atoms with Crippen molar-refractivity contribution in [3.8, 4) is 0 Å². The lowest BCUT2D eigenvalue weighted by Crippen LogP contribution is -1.90. The van der Waals surface area contributed by atoms with Crippen LogP contribution < -0.4 is 0 Å². The molecule has 8 aromatic rings. The standard InChI is InChI=1S/C27H14N2S2/c1-2-7-17-16(6-1)25-20(29-12-11-28-27(17)29)9-10-22-26(25)19-14-23-18(13-24(19)31-22)15-5-3-4-8-21(15)30-23/h1-14H. The lowest BCUT2D eigenvalue weighted by Gasteiger charge is -2.09. The molecule has 4 heteroatoms. The van der Waals surface area contributed by atoms with Gasteiger partial charge in [0, 0.05) is 63.5 Å². The average Bonchev–Trinajstić information content (AvgIpc) is 3.52. The zero-order valence-electron chi connectivity index (χ0n) is 16.3. The third-order valence-corrected chi connectivity index (χ3v) is 8.70. The van der Waals surface area contributed by atoms with Gasteiger partial charge in [0.25, 0.3) is 0 Å². The van der Waals surface area contributed by atoms with Crippen molar-refractivity contribution in [3.63, 3.8) is 0 Å². The second kappa shape index (κ2) is 5.61. The van der Waals surface area contributed by atoms with Crippen LogP contribution in [-0.2, 0) is 0 Å². The molecular formula is C27H14N2S2. The number of thiophene rings is 2. The van der Waals surface area contributed by atoms with Gasteiger partial charge in [-0.3, -0.25) is 4.40 Å². The van der Waals surface area contributed by atoms with Gasteiger partial charge in [-0.25, -0.2) is 4.98 Å². The Labute approximate surface area is 184 Å². The predicted molar refractivity (Wildman–Crippen MR) is 136 cm³/mol. The molecule has 0 atom stereocenters. The van der Waals surface area contributed by atoms with Crippen molar-refractivity contribution < 1.29 is 0 Å². The quantitative estimate of drug-likeness (QED) is 0.221. The van der Waals surface area contributed by atoms with Crippen LogP contribution in [0.4, 0.5) is 0 Å². The number of fused-ring (bicyclic) bond motifs is 13. The molecule has 144 valence electrons. The highest BCUT2D eigenvalue weighted by atomic mass is 32.1. The van der Waals surface area contributed by atoms with Crippen molar-refractivity contribution in [1.29, 1.82) is 0 Å². The first-order chi connectivity index (χ1) is 15.4. The van der Waals surface area contributed by atoms with Gasteiger partial charge in [-0.2, -0.15) is 0 Å². The van der Waals surface area contributed by atoms with Gasteiger partial charge in [0.05, 0.1) is 5.52 Å². The Morgan fingerprint density at radius 2 is 1.32 bits per heavy atom. The van der Waals surface area contributed by atoms with Gasteiger partial charge >= 0.3 is 0 Å². The van der Waals surface area contributed by atoms with Gasteiger partial charge < -0.3 is 0 Å². The molecule has 0 saturated heterocycles. The fourth-order valence-electron chi connectivity index (χ4n) is 5.14. The first kappa shape index (κ1) is 16.3. The van der Waals surface area contributed by atoms with Crippen LogP contribution in [0.1, 0.15) is 0 Å². The largest absolute Gasteiger partial charge is 0.299 e. The molecule has 4 heterocycles. The van der Waals surface area contributed by atoms with E-state index in [1.54, 1.807) is 0 Å². The summed E-state index contributed by atoms with van der Waals surface area (Å²) in [5.41, 5.74) is 2.24. The van der Waals surface area contributed by atoms with Crippen LogP contribution in [0.15, 0.2) is 85.2 Å². The highest BCUT2D eigenvalue weighted by Crippen LogP contribution is 2.45. The van der Waals surface area contributed by atoms with Gasteiger partial charge in [-0.05, 0) is 35.7 Å². The summed E-state index contributed by atoms with van der Waals surface area (Å²) in [6.07, 6.45) is 3.98. The topological polar surface area (TPSA) is 17.3 Å². The monoisotopic (exact) mass is 430 g/mol. The number of imidazole rings is 1. The second-order valence-corrected chi connectivity index (χ2v) is 10.2. The summed E-state index contributed by atoms with van der Waals surface area (Å²) in [5.74, 6) is 0. The van der Waals surface area contributed by atoms with E-state index in [1.807, 2.05) is 28.9 Å². The molecule has 2 nitrogen and oxygen atoms in total. The van der Waals surface area contributed by atoms with Gasteiger partial charge in [-0.15, -0.1) is 22.7 Å². The van der Waals surface area contributed by atoms with Crippen LogP contribution in [-0.4, -0.2) is 9.38 Å². The summed E-state index contributed by atoms with van der Waals surface area (Å²) in [5, 5.41) is 9.25. The van der Waals surface area contributed by atoms with Crippen molar-refractivity contribution in [2.45, 2.75) is 0 Å². The zero-order chi connectivity index (χ0) is 20.1. The summed E-state index contributed by atoms with van der Waals surface area (Å²) in [6.45, 7) is 0. The van der Waals surface area contributed by atoms with Crippen LogP contribution in [0.2, 0.25) is 0 Å². The SMILES string of the molecule is c1ccc2c(c1)sc1cc3c(cc12)sc1ccc2c(c4ccccc4c4nccn24)c13. The molecule has 4 aromatic carbocycles. The number of hydrogen-bond donors (Lipinski definition) is 0. The fraction of sp³-hybridized carbons (Fsp3) is 0. The van der Waals surface area contributed by atoms with E-state index in [1.165, 1.54) is 62.0 Å². The fourth-order valence-corrected chi connectivity index (χ4v) is 7.40. The lowest BCUT2D eigenvalue weighted by atomic mass is 10.0. The van der Waals surface area contributed by atoms with Crippen LogP contribution in [0.3, 0.4) is 0 Å². The summed E-state index contributed by atoms with van der Waals surface area (Å²) in [4.78, 5) is 4.66. The van der Waals surface area contributed by atoms with Crippen LogP contribution in [0.5, 0.6) is 0 Å². The number of aromatic nitrogens is 2. The molecule has 0 aliphatic heterocycles. The third kappa shape index (κ3) is 1.99. The Hall–Kier alpha value is -3.47. The number of benzene rings is 4. The Morgan fingerprint density at radius 1 is 0.581 bits per heavy atom. The van der Waals surface area contributed by atoms with E-state index in [0.29, 0.717) is 0 Å². The Morgan fingerprint density at radius 3 is 2.26 bits per heavy atom. The summed E-state index contributed by atoms with van der Waals surface area (Å²) >= 11 is 3.79. The molecule has 0 fully saturated rings. The smallest absolute Gasteiger partial charge is 0.145 e. The first-order valence-electron chi connectivity index (χ1n) is 10.3. The van der Waals surface area contributed by atoms with Gasteiger partial charge in [-0.1, -0.05) is 42.5 Å². The molecular weight excluding hydrogens is 416 g/mol. The molecule has 0 saturated carbocycles. The minimum atomic E-state index is 1.02. The maximum absolute atomic E-state index is 4.66. The van der Waals surface area contributed by atoms with Gasteiger partial charge in [0.2, 0.25) is 0 Å². The Kier molecular flexibility index (Phi) is 2.94. The molecule has 0 aliphatic rings. The van der Waals surface area contributed by atoms with Crippen molar-refractivity contribution in [2.75, 3.05) is 0 Å². The molecule has 0 bridgehead atoms. The number of pyridine rings is 1. The van der Waals surface area contributed by atoms with Crippen molar-refractivity contribution in [3.05, 3.63) is 85.2 Å². The third-order valence-electron chi connectivity index (χ3n) is 6.45. The van der Waals surface area contributed by atoms with E-state index in [-0.39, 0.29) is 0 Å². The van der Waals surface area contributed by atoms with E-state index < -0.39 is 0 Å². The molecule has 0 amide bonds. The maximum Gasteiger partial charge on any atom is 0.145 e. The van der Waals surface area contributed by atoms with Crippen LogP contribution in [0, 0.1) is 0 Å². The molecule has 0 aliphatic carbocycles. The predicted octanol–water partition coefficient (Wildman–Crippen LogP) is 8.38. The number of hydrogen-bond acceptors (Lipinski definition) is 3. The van der Waals surface area contributed by atoms with E-state index >= 15 is 0 Å². The Bertz CT molecular complexity index is 2000. The van der Waals surface area contributed by atoms with E-state index in [0.717, 1.165) is 5.65 Å². The van der Waals surface area contributed by atoms with Crippen molar-refractivity contribution in [1.82, 2.24) is 9.38 Å². The highest BCUT2D eigenvalue weighted by Gasteiger charge is 2.16. The van der Waals surface area contributed by atoms with Gasteiger partial charge in [0.15, 0.2) is 0 Å². The number of rotatable bonds is 0. The van der Waals surface area contributed by atoms with E-state index in [4.69, 9.17) is 0 Å². The summed E-state index contributed by atoms with van der Waals surface area (Å²) < 4.78 is 7.65. The molecule has 31 heavy (non-hydrogen) atoms. The second-order valence-electron chi connectivity index (χ2n) is 8.04. The zero-order valence-corrected chi connectivity index (χ0v) is 17.9. The van der Waals surface area contributed by atoms with Crippen LogP contribution >= 0.6 is 22.7 Å². The van der Waals surface area contributed by atoms with E-state index in [2.05, 4.69) is 88.4 Å². The molecule has 0 unspecified atom stereocenters. The first-order valence-corrected chi connectivity index (χ1v) is 11.9. The summed E-state index contributed by atoms with van der Waals surface area (Å²) in [7, 11) is 0. The maximum atomic E-state index is 4.66. The van der Waals surface area contributed by atoms with Gasteiger partial charge in [0.1, 0.15) is 5.65 Å². The minimum absolute atomic E-state index is 1.02. The highest BCUT2D eigenvalue weighted by molar-refractivity contribution is 7.27. The molecule has 0 radical (unpaired) electrons. The minimum Gasteiger partial charge on any atom is -0.299 e. The van der Waals surface area contributed by atoms with Crippen molar-refractivity contribution in [2.24, 2.45) is 0 Å². The molecule has 0 N–H and O–H groups in total. The molecule has 8 rings (SSSR count). The van der Waals surface area contributed by atoms with E-state index in [9.17, 15) is 0 Å².